The maximum absolute atomic E-state index is 13.0. The molecular formula is C10H16F3NO3. The van der Waals surface area contributed by atoms with Gasteiger partial charge in [-0.1, -0.05) is 0 Å². The summed E-state index contributed by atoms with van der Waals surface area (Å²) in [5.41, 5.74) is -1.85. The first-order valence-electron chi connectivity index (χ1n) is 5.30. The number of carboxylic acids is 1. The second kappa shape index (κ2) is 5.22. The van der Waals surface area contributed by atoms with E-state index in [0.717, 1.165) is 0 Å². The number of halogens is 3. The third kappa shape index (κ3) is 3.32. The van der Waals surface area contributed by atoms with E-state index in [4.69, 9.17) is 5.11 Å². The van der Waals surface area contributed by atoms with Crippen LogP contribution in [0, 0.1) is 5.41 Å². The largest absolute Gasteiger partial charge is 0.481 e. The van der Waals surface area contributed by atoms with Gasteiger partial charge in [0.05, 0.1) is 13.0 Å². The fourth-order valence-corrected chi connectivity index (χ4v) is 2.11. The van der Waals surface area contributed by atoms with Crippen molar-refractivity contribution in [3.63, 3.8) is 0 Å². The van der Waals surface area contributed by atoms with Gasteiger partial charge >= 0.3 is 12.1 Å². The summed E-state index contributed by atoms with van der Waals surface area (Å²) in [5, 5.41) is 8.49. The summed E-state index contributed by atoms with van der Waals surface area (Å²) in [5.74, 6) is -0.999. The number of hydrogen-bond donors (Lipinski definition) is 1. The molecule has 1 aliphatic rings. The summed E-state index contributed by atoms with van der Waals surface area (Å²) in [7, 11) is 1.24. The zero-order valence-corrected chi connectivity index (χ0v) is 9.59. The van der Waals surface area contributed by atoms with Crippen molar-refractivity contribution in [2.24, 2.45) is 5.41 Å². The van der Waals surface area contributed by atoms with Crippen LogP contribution in [0.25, 0.3) is 0 Å². The van der Waals surface area contributed by atoms with Gasteiger partial charge in [0.1, 0.15) is 5.41 Å². The average Bonchev–Trinajstić information content (AvgIpc) is 2.59. The van der Waals surface area contributed by atoms with Crippen LogP contribution in [-0.4, -0.2) is 55.5 Å². The number of nitrogens with zero attached hydrogens (tertiary/aromatic N) is 1. The molecule has 1 atom stereocenters. The van der Waals surface area contributed by atoms with Crippen molar-refractivity contribution in [3.8, 4) is 0 Å². The van der Waals surface area contributed by atoms with E-state index in [9.17, 15) is 18.0 Å². The molecule has 100 valence electrons. The Balaban J connectivity index is 2.62. The van der Waals surface area contributed by atoms with E-state index in [2.05, 4.69) is 4.74 Å². The lowest BCUT2D eigenvalue weighted by molar-refractivity contribution is -0.233. The zero-order valence-electron chi connectivity index (χ0n) is 9.59. The van der Waals surface area contributed by atoms with Crippen molar-refractivity contribution in [2.45, 2.75) is 19.0 Å². The lowest BCUT2D eigenvalue weighted by atomic mass is 9.87. The van der Waals surface area contributed by atoms with Crippen LogP contribution < -0.4 is 0 Å². The first-order chi connectivity index (χ1) is 7.81. The average molecular weight is 255 g/mol. The monoisotopic (exact) mass is 255 g/mol. The Morgan fingerprint density at radius 2 is 2.18 bits per heavy atom. The summed E-state index contributed by atoms with van der Waals surface area (Å²) in [4.78, 5) is 11.9. The lowest BCUT2D eigenvalue weighted by Crippen LogP contribution is -2.44. The number of carbonyl (C=O) groups is 1. The molecule has 1 fully saturated rings. The summed E-state index contributed by atoms with van der Waals surface area (Å²) < 4.78 is 43.5. The fraction of sp³-hybridized carbons (Fsp3) is 0.900. The van der Waals surface area contributed by atoms with Gasteiger partial charge in [0.2, 0.25) is 0 Å². The summed E-state index contributed by atoms with van der Waals surface area (Å²) in [6, 6.07) is 0. The van der Waals surface area contributed by atoms with Gasteiger partial charge in [-0.15, -0.1) is 0 Å². The van der Waals surface area contributed by atoms with Gasteiger partial charge in [-0.3, -0.25) is 4.79 Å². The summed E-state index contributed by atoms with van der Waals surface area (Å²) in [6.07, 6.45) is -4.49. The molecule has 0 radical (unpaired) electrons. The molecule has 0 aromatic carbocycles. The van der Waals surface area contributed by atoms with Crippen molar-refractivity contribution in [1.82, 2.24) is 4.90 Å². The summed E-state index contributed by atoms with van der Waals surface area (Å²) >= 11 is 0. The van der Waals surface area contributed by atoms with Crippen LogP contribution in [0.3, 0.4) is 0 Å². The third-order valence-electron chi connectivity index (χ3n) is 3.10. The van der Waals surface area contributed by atoms with Crippen LogP contribution in [-0.2, 0) is 9.53 Å². The quantitative estimate of drug-likeness (QED) is 0.806. The highest BCUT2D eigenvalue weighted by atomic mass is 19.4. The smallest absolute Gasteiger partial charge is 0.397 e. The molecule has 4 nitrogen and oxygen atoms in total. The molecule has 0 aliphatic carbocycles. The molecule has 17 heavy (non-hydrogen) atoms. The van der Waals surface area contributed by atoms with Gasteiger partial charge in [-0.2, -0.15) is 13.2 Å². The maximum Gasteiger partial charge on any atom is 0.397 e. The van der Waals surface area contributed by atoms with Crippen LogP contribution >= 0.6 is 0 Å². The number of aliphatic carboxylic acids is 1. The van der Waals surface area contributed by atoms with Crippen LogP contribution in [0.2, 0.25) is 0 Å². The summed E-state index contributed by atoms with van der Waals surface area (Å²) in [6.45, 7) is -0.148. The van der Waals surface area contributed by atoms with E-state index in [1.54, 1.807) is 0 Å². The van der Waals surface area contributed by atoms with Gasteiger partial charge in [0.15, 0.2) is 0 Å². The van der Waals surface area contributed by atoms with Gasteiger partial charge in [-0.25, -0.2) is 0 Å². The lowest BCUT2D eigenvalue weighted by Gasteiger charge is -2.31. The number of rotatable bonds is 5. The van der Waals surface area contributed by atoms with Crippen molar-refractivity contribution in [2.75, 3.05) is 33.4 Å². The number of ether oxygens (including phenoxy) is 1. The predicted octanol–water partition coefficient (Wildman–Crippen LogP) is 1.36. The van der Waals surface area contributed by atoms with Gasteiger partial charge in [0, 0.05) is 20.2 Å². The Morgan fingerprint density at radius 1 is 1.53 bits per heavy atom. The van der Waals surface area contributed by atoms with Crippen molar-refractivity contribution in [1.29, 1.82) is 0 Å². The maximum atomic E-state index is 13.0. The first-order valence-corrected chi connectivity index (χ1v) is 5.30. The van der Waals surface area contributed by atoms with Crippen molar-refractivity contribution in [3.05, 3.63) is 0 Å². The van der Waals surface area contributed by atoms with Crippen molar-refractivity contribution < 1.29 is 27.8 Å². The molecule has 1 aliphatic heterocycles. The highest BCUT2D eigenvalue weighted by molar-refractivity contribution is 5.66. The first kappa shape index (κ1) is 14.2. The number of likely N-dealkylation sites (tertiary alicyclic amines) is 1. The molecule has 0 saturated carbocycles. The Morgan fingerprint density at radius 3 is 2.65 bits per heavy atom. The molecular weight excluding hydrogens is 239 g/mol. The number of hydrogen-bond acceptors (Lipinski definition) is 3. The van der Waals surface area contributed by atoms with E-state index in [-0.39, 0.29) is 39.1 Å². The molecule has 1 saturated heterocycles. The van der Waals surface area contributed by atoms with E-state index in [1.807, 2.05) is 0 Å². The minimum Gasteiger partial charge on any atom is -0.481 e. The van der Waals surface area contributed by atoms with Crippen LogP contribution in [0.1, 0.15) is 12.8 Å². The van der Waals surface area contributed by atoms with Crippen LogP contribution in [0.15, 0.2) is 0 Å². The molecule has 0 bridgehead atoms. The van der Waals surface area contributed by atoms with E-state index < -0.39 is 17.6 Å². The van der Waals surface area contributed by atoms with E-state index in [0.29, 0.717) is 0 Å². The topological polar surface area (TPSA) is 49.8 Å². The molecule has 1 N–H and O–H groups in total. The molecule has 7 heteroatoms. The number of carboxylic acid groups (broad SMARTS) is 1. The highest BCUT2D eigenvalue weighted by Gasteiger charge is 2.57. The second-order valence-electron chi connectivity index (χ2n) is 4.38. The predicted molar refractivity (Wildman–Crippen MR) is 53.7 cm³/mol. The molecule has 0 amide bonds. The van der Waals surface area contributed by atoms with E-state index in [1.165, 1.54) is 12.0 Å². The third-order valence-corrected chi connectivity index (χ3v) is 3.10. The number of alkyl halides is 3. The highest BCUT2D eigenvalue weighted by Crippen LogP contribution is 2.45. The standard InChI is InChI=1S/C10H16F3NO3/c1-17-7-9(10(11,12)13)3-5-14(6-9)4-2-8(15)16/h2-7H2,1H3,(H,15,16)/t9-/m1/s1. The van der Waals surface area contributed by atoms with Gasteiger partial charge in [-0.05, 0) is 13.0 Å². The Kier molecular flexibility index (Phi) is 4.37. The molecule has 1 rings (SSSR count). The zero-order chi connectivity index (χ0) is 13.1. The Labute approximate surface area is 97.3 Å². The van der Waals surface area contributed by atoms with Crippen LogP contribution in [0.5, 0.6) is 0 Å². The SMILES string of the molecule is COC[C@@]1(C(F)(F)F)CCN(CCC(=O)O)C1. The molecule has 0 unspecified atom stereocenters. The fourth-order valence-electron chi connectivity index (χ4n) is 2.11. The molecule has 0 aromatic rings. The molecule has 0 aromatic heterocycles. The number of methoxy groups -OCH3 is 1. The minimum atomic E-state index is -4.32. The van der Waals surface area contributed by atoms with Crippen LogP contribution in [0.4, 0.5) is 13.2 Å². The molecule has 1 heterocycles. The Hall–Kier alpha value is -0.820. The second-order valence-corrected chi connectivity index (χ2v) is 4.38. The van der Waals surface area contributed by atoms with Crippen molar-refractivity contribution >= 4 is 5.97 Å². The Bertz CT molecular complexity index is 282. The van der Waals surface area contributed by atoms with E-state index >= 15 is 0 Å². The molecule has 0 spiro atoms. The minimum absolute atomic E-state index is 0.0377. The van der Waals surface area contributed by atoms with Gasteiger partial charge < -0.3 is 14.7 Å². The van der Waals surface area contributed by atoms with Gasteiger partial charge in [0.25, 0.3) is 0 Å². The normalized spacial score (nSPS) is 26.4.